The zero-order valence-corrected chi connectivity index (χ0v) is 23.4. The van der Waals surface area contributed by atoms with Crippen molar-refractivity contribution in [3.8, 4) is 5.69 Å². The Morgan fingerprint density at radius 2 is 1.71 bits per heavy atom. The number of aromatic nitrogens is 2. The van der Waals surface area contributed by atoms with Gasteiger partial charge in [0.05, 0.1) is 15.9 Å². The van der Waals surface area contributed by atoms with Gasteiger partial charge in [-0.1, -0.05) is 48.4 Å². The van der Waals surface area contributed by atoms with E-state index in [1.807, 2.05) is 54.1 Å². The largest absolute Gasteiger partial charge is 0.337 e. The van der Waals surface area contributed by atoms with Crippen LogP contribution in [0.15, 0.2) is 71.6 Å². The molecule has 0 aliphatic heterocycles. The summed E-state index contributed by atoms with van der Waals surface area (Å²) in [6.07, 6.45) is 1.33. The van der Waals surface area contributed by atoms with Crippen molar-refractivity contribution in [1.82, 2.24) is 19.6 Å². The second kappa shape index (κ2) is 11.6. The summed E-state index contributed by atoms with van der Waals surface area (Å²) in [6.45, 7) is 4.21. The fourth-order valence-electron chi connectivity index (χ4n) is 3.69. The molecule has 3 aromatic carbocycles. The van der Waals surface area contributed by atoms with Crippen LogP contribution in [0.5, 0.6) is 0 Å². The third-order valence-electron chi connectivity index (χ3n) is 5.45. The Bertz CT molecular complexity index is 1440. The van der Waals surface area contributed by atoms with E-state index in [9.17, 15) is 13.2 Å². The second-order valence-corrected chi connectivity index (χ2v) is 10.1. The molecule has 4 rings (SSSR count). The standard InChI is InChI=1S/C25H25ClN4O3S.Na/c1-3-24-28-22-13-8-19(26)16-23(22)30(24)20-9-6-18(7-10-20)14-15-27-25(31)29-34(32,33)21-11-4-17(2)5-12-21;/h4-13,16H,3,14-15H2,1-2H3,(H2,27,29,31);. The van der Waals surface area contributed by atoms with Gasteiger partial charge in [-0.05, 0) is 61.4 Å². The average molecular weight is 520 g/mol. The van der Waals surface area contributed by atoms with E-state index < -0.39 is 16.1 Å². The molecule has 4 aromatic rings. The Morgan fingerprint density at radius 3 is 2.37 bits per heavy atom. The van der Waals surface area contributed by atoms with E-state index >= 15 is 0 Å². The van der Waals surface area contributed by atoms with Crippen molar-refractivity contribution in [3.05, 3.63) is 88.7 Å². The number of aryl methyl sites for hydroxylation is 2. The molecule has 10 heteroatoms. The Hall–Kier alpha value is -2.36. The van der Waals surface area contributed by atoms with Crippen LogP contribution < -0.4 is 10.0 Å². The van der Waals surface area contributed by atoms with Crippen LogP contribution in [0.3, 0.4) is 0 Å². The number of rotatable bonds is 7. The predicted molar refractivity (Wildman–Crippen MR) is 140 cm³/mol. The van der Waals surface area contributed by atoms with E-state index in [4.69, 9.17) is 16.6 Å². The molecule has 0 aliphatic carbocycles. The number of hydrogen-bond donors (Lipinski definition) is 2. The van der Waals surface area contributed by atoms with Crippen molar-refractivity contribution in [3.63, 3.8) is 0 Å². The van der Waals surface area contributed by atoms with Crippen LogP contribution in [0.25, 0.3) is 16.7 Å². The smallest absolute Gasteiger partial charge is 0.328 e. The Morgan fingerprint density at radius 1 is 1.03 bits per heavy atom. The number of carbonyl (C=O) groups is 1. The van der Waals surface area contributed by atoms with E-state index in [2.05, 4.69) is 16.8 Å². The summed E-state index contributed by atoms with van der Waals surface area (Å²) in [4.78, 5) is 16.8. The van der Waals surface area contributed by atoms with Crippen molar-refractivity contribution in [1.29, 1.82) is 0 Å². The van der Waals surface area contributed by atoms with Gasteiger partial charge in [-0.2, -0.15) is 0 Å². The van der Waals surface area contributed by atoms with Crippen LogP contribution in [-0.4, -0.2) is 60.1 Å². The van der Waals surface area contributed by atoms with Crippen molar-refractivity contribution in [2.45, 2.75) is 31.6 Å². The molecular formula is C25H25ClN4NaO3S. The average Bonchev–Trinajstić information content (AvgIpc) is 3.17. The normalized spacial score (nSPS) is 11.2. The Balaban J connectivity index is 0.00000342. The van der Waals surface area contributed by atoms with Gasteiger partial charge < -0.3 is 5.32 Å². The molecule has 1 aromatic heterocycles. The van der Waals surface area contributed by atoms with E-state index in [1.54, 1.807) is 12.1 Å². The van der Waals surface area contributed by atoms with Gasteiger partial charge >= 0.3 is 6.03 Å². The number of fused-ring (bicyclic) bond motifs is 1. The number of carbonyl (C=O) groups excluding carboxylic acids is 1. The third-order valence-corrected chi connectivity index (χ3v) is 7.04. The summed E-state index contributed by atoms with van der Waals surface area (Å²) in [5.41, 5.74) is 4.75. The first-order chi connectivity index (χ1) is 16.3. The van der Waals surface area contributed by atoms with Crippen LogP contribution in [0, 0.1) is 6.92 Å². The molecule has 7 nitrogen and oxygen atoms in total. The molecule has 177 valence electrons. The summed E-state index contributed by atoms with van der Waals surface area (Å²) in [5, 5.41) is 3.25. The van der Waals surface area contributed by atoms with Crippen LogP contribution in [0.4, 0.5) is 4.79 Å². The van der Waals surface area contributed by atoms with E-state index in [-0.39, 0.29) is 34.5 Å². The molecule has 0 spiro atoms. The molecule has 0 saturated heterocycles. The van der Waals surface area contributed by atoms with Gasteiger partial charge in [-0.15, -0.1) is 0 Å². The van der Waals surface area contributed by atoms with Crippen molar-refractivity contribution < 1.29 is 13.2 Å². The number of benzene rings is 3. The fraction of sp³-hybridized carbons (Fsp3) is 0.200. The molecule has 2 amide bonds. The van der Waals surface area contributed by atoms with E-state index in [0.717, 1.165) is 40.1 Å². The van der Waals surface area contributed by atoms with E-state index in [1.165, 1.54) is 12.1 Å². The minimum absolute atomic E-state index is 0. The molecule has 1 heterocycles. The molecule has 0 atom stereocenters. The molecule has 0 bridgehead atoms. The molecule has 1 radical (unpaired) electrons. The van der Waals surface area contributed by atoms with Crippen LogP contribution in [0.1, 0.15) is 23.9 Å². The SMILES string of the molecule is CCc1nc2ccc(Cl)cc2n1-c1ccc(CCNC(=O)NS(=O)(=O)c2ccc(C)cc2)cc1.[Na]. The van der Waals surface area contributed by atoms with Gasteiger partial charge in [-0.25, -0.2) is 22.9 Å². The van der Waals surface area contributed by atoms with Crippen LogP contribution >= 0.6 is 11.6 Å². The summed E-state index contributed by atoms with van der Waals surface area (Å²) < 4.78 is 28.8. The maximum Gasteiger partial charge on any atom is 0.328 e. The minimum Gasteiger partial charge on any atom is -0.337 e. The van der Waals surface area contributed by atoms with Gasteiger partial charge in [0.15, 0.2) is 0 Å². The van der Waals surface area contributed by atoms with Gasteiger partial charge in [-0.3, -0.25) is 4.57 Å². The summed E-state index contributed by atoms with van der Waals surface area (Å²) in [7, 11) is -3.91. The number of imidazole rings is 1. The molecule has 0 unspecified atom stereocenters. The zero-order chi connectivity index (χ0) is 24.3. The van der Waals surface area contributed by atoms with Crippen molar-refractivity contribution in [2.24, 2.45) is 0 Å². The summed E-state index contributed by atoms with van der Waals surface area (Å²) in [5.74, 6) is 0.943. The van der Waals surface area contributed by atoms with Gasteiger partial charge in [0, 0.05) is 53.2 Å². The number of sulfonamides is 1. The monoisotopic (exact) mass is 519 g/mol. The van der Waals surface area contributed by atoms with Crippen molar-refractivity contribution >= 4 is 68.2 Å². The first-order valence-corrected chi connectivity index (χ1v) is 12.8. The Kier molecular flexibility index (Phi) is 9.01. The fourth-order valence-corrected chi connectivity index (χ4v) is 4.78. The molecule has 0 fully saturated rings. The number of hydrogen-bond acceptors (Lipinski definition) is 4. The van der Waals surface area contributed by atoms with Gasteiger partial charge in [0.1, 0.15) is 5.82 Å². The topological polar surface area (TPSA) is 93.1 Å². The summed E-state index contributed by atoms with van der Waals surface area (Å²) >= 11 is 6.20. The number of nitrogens with zero attached hydrogens (tertiary/aromatic N) is 2. The van der Waals surface area contributed by atoms with Crippen molar-refractivity contribution in [2.75, 3.05) is 6.54 Å². The number of urea groups is 1. The summed E-state index contributed by atoms with van der Waals surface area (Å²) in [6, 6.07) is 19.1. The molecule has 35 heavy (non-hydrogen) atoms. The number of amides is 2. The zero-order valence-electron chi connectivity index (χ0n) is 19.9. The molecule has 2 N–H and O–H groups in total. The maximum absolute atomic E-state index is 12.3. The minimum atomic E-state index is -3.91. The van der Waals surface area contributed by atoms with Crippen LogP contribution in [-0.2, 0) is 22.9 Å². The maximum atomic E-state index is 12.3. The first kappa shape index (κ1) is 27.2. The van der Waals surface area contributed by atoms with Crippen LogP contribution in [0.2, 0.25) is 5.02 Å². The molecular weight excluding hydrogens is 495 g/mol. The molecule has 0 saturated carbocycles. The third kappa shape index (κ3) is 6.45. The number of halogens is 1. The molecule has 0 aliphatic rings. The Labute approximate surface area is 232 Å². The quantitative estimate of drug-likeness (QED) is 0.354. The van der Waals surface area contributed by atoms with E-state index in [0.29, 0.717) is 18.0 Å². The van der Waals surface area contributed by atoms with Gasteiger partial charge in [0.2, 0.25) is 0 Å². The second-order valence-electron chi connectivity index (χ2n) is 7.94. The predicted octanol–water partition coefficient (Wildman–Crippen LogP) is 4.40. The number of nitrogens with one attached hydrogen (secondary N) is 2. The first-order valence-electron chi connectivity index (χ1n) is 10.9. The van der Waals surface area contributed by atoms with Gasteiger partial charge in [0.25, 0.3) is 10.0 Å².